The summed E-state index contributed by atoms with van der Waals surface area (Å²) < 4.78 is 9.48. The molecule has 1 aliphatic rings. The first-order chi connectivity index (χ1) is 17.8. The molecule has 194 valence electrons. The van der Waals surface area contributed by atoms with Gasteiger partial charge in [-0.15, -0.1) is 5.10 Å². The number of anilines is 3. The fourth-order valence-electron chi connectivity index (χ4n) is 4.53. The molecule has 36 heavy (non-hydrogen) atoms. The Balaban J connectivity index is 1.46. The Kier molecular flexibility index (Phi) is 7.45. The molecule has 1 amide bonds. The Morgan fingerprint density at radius 2 is 2.03 bits per heavy atom. The number of piperazine rings is 1. The number of nitrogens with one attached hydrogen (secondary N) is 1. The summed E-state index contributed by atoms with van der Waals surface area (Å²) in [7, 11) is 3.83. The topological polar surface area (TPSA) is 121 Å². The molecule has 1 atom stereocenters. The van der Waals surface area contributed by atoms with E-state index >= 15 is 0 Å². The van der Waals surface area contributed by atoms with Crippen molar-refractivity contribution in [1.82, 2.24) is 34.4 Å². The van der Waals surface area contributed by atoms with Gasteiger partial charge in [0.2, 0.25) is 11.9 Å². The number of nitrogens with two attached hydrogens (primary N) is 1. The lowest BCUT2D eigenvalue weighted by atomic mass is 10.1. The number of pyridine rings is 1. The van der Waals surface area contributed by atoms with Crippen molar-refractivity contribution in [3.8, 4) is 0 Å². The molecule has 0 radical (unpaired) electrons. The lowest BCUT2D eigenvalue weighted by Crippen LogP contribution is -2.51. The number of carbonyl (C=O) groups is 1. The number of nitrogens with zero attached hydrogens (tertiary/aromatic N) is 8. The third kappa shape index (κ3) is 5.84. The number of carbonyl (C=O) groups excluding carboxylic acids is 1. The maximum Gasteiger partial charge on any atom is 0.243 e. The van der Waals surface area contributed by atoms with Crippen LogP contribution in [0.4, 0.5) is 17.6 Å². The van der Waals surface area contributed by atoms with Gasteiger partial charge in [0, 0.05) is 46.2 Å². The van der Waals surface area contributed by atoms with E-state index in [0.29, 0.717) is 43.5 Å². The number of amides is 1. The minimum Gasteiger partial charge on any atom is -0.380 e. The van der Waals surface area contributed by atoms with Gasteiger partial charge in [-0.05, 0) is 45.5 Å². The molecule has 4 rings (SSSR count). The second-order valence-electron chi connectivity index (χ2n) is 9.70. The molecule has 11 heteroatoms. The van der Waals surface area contributed by atoms with E-state index < -0.39 is 0 Å². The summed E-state index contributed by atoms with van der Waals surface area (Å²) in [4.78, 5) is 32.0. The molecule has 1 saturated heterocycles. The molecule has 1 fully saturated rings. The largest absolute Gasteiger partial charge is 0.380 e. The van der Waals surface area contributed by atoms with Gasteiger partial charge in [0.05, 0.1) is 18.4 Å². The summed E-state index contributed by atoms with van der Waals surface area (Å²) in [6, 6.07) is 2.12. The van der Waals surface area contributed by atoms with Crippen LogP contribution < -0.4 is 16.0 Å². The molecule has 3 N–H and O–H groups in total. The number of hydrogen-bond donors (Lipinski definition) is 2. The van der Waals surface area contributed by atoms with Gasteiger partial charge in [-0.1, -0.05) is 19.4 Å². The van der Waals surface area contributed by atoms with Crippen LogP contribution in [0.3, 0.4) is 0 Å². The van der Waals surface area contributed by atoms with Crippen molar-refractivity contribution in [3.63, 3.8) is 0 Å². The van der Waals surface area contributed by atoms with E-state index in [1.54, 1.807) is 10.7 Å². The summed E-state index contributed by atoms with van der Waals surface area (Å²) in [5.74, 6) is 1.83. The molecule has 11 nitrogen and oxygen atoms in total. The molecule has 3 aromatic heterocycles. The molecule has 1 unspecified atom stereocenters. The van der Waals surface area contributed by atoms with Crippen LogP contribution in [-0.4, -0.2) is 93.1 Å². The minimum atomic E-state index is -0.0267. The fourth-order valence-corrected chi connectivity index (χ4v) is 4.53. The molecule has 1 aliphatic heterocycles. The average Bonchev–Trinajstić information content (AvgIpc) is 3.26. The predicted molar refractivity (Wildman–Crippen MR) is 142 cm³/mol. The maximum atomic E-state index is 12.4. The number of aryl methyl sites for hydroxylation is 1. The van der Waals surface area contributed by atoms with Gasteiger partial charge in [-0.3, -0.25) is 4.79 Å². The molecule has 0 saturated carbocycles. The second-order valence-corrected chi connectivity index (χ2v) is 9.70. The summed E-state index contributed by atoms with van der Waals surface area (Å²) in [5, 5.41) is 7.85. The van der Waals surface area contributed by atoms with Gasteiger partial charge in [0.25, 0.3) is 0 Å². The number of hydrogen-bond acceptors (Lipinski definition) is 9. The second kappa shape index (κ2) is 11.1. The van der Waals surface area contributed by atoms with Crippen LogP contribution in [-0.2, 0) is 11.2 Å². The number of fused-ring (bicyclic) bond motifs is 1. The number of rotatable bonds is 9. The van der Waals surface area contributed by atoms with Crippen molar-refractivity contribution in [2.24, 2.45) is 0 Å². The number of likely N-dealkylation sites (N-methyl/N-ethyl adjacent to an activating group) is 1. The lowest BCUT2D eigenvalue weighted by molar-refractivity contribution is -0.132. The van der Waals surface area contributed by atoms with E-state index in [1.165, 1.54) is 0 Å². The van der Waals surface area contributed by atoms with E-state index in [0.717, 1.165) is 48.6 Å². The third-order valence-corrected chi connectivity index (χ3v) is 6.30. The zero-order chi connectivity index (χ0) is 26.5. The Morgan fingerprint density at radius 1 is 1.25 bits per heavy atom. The van der Waals surface area contributed by atoms with Crippen LogP contribution in [0, 0.1) is 6.92 Å². The van der Waals surface area contributed by atoms with Crippen molar-refractivity contribution >= 4 is 29.1 Å². The Bertz CT molecular complexity index is 1220. The van der Waals surface area contributed by atoms with Crippen LogP contribution >= 0.6 is 0 Å². The van der Waals surface area contributed by atoms with Crippen molar-refractivity contribution in [1.29, 1.82) is 0 Å². The highest BCUT2D eigenvalue weighted by molar-refractivity contribution is 5.78. The van der Waals surface area contributed by atoms with Crippen molar-refractivity contribution < 1.29 is 6.17 Å². The summed E-state index contributed by atoms with van der Waals surface area (Å²) in [5.41, 5.74) is 9.70. The van der Waals surface area contributed by atoms with Crippen LogP contribution in [0.2, 0.25) is 0 Å². The first kappa shape index (κ1) is 24.2. The Morgan fingerprint density at radius 3 is 2.69 bits per heavy atom. The van der Waals surface area contributed by atoms with Crippen LogP contribution in [0.5, 0.6) is 0 Å². The van der Waals surface area contributed by atoms with Gasteiger partial charge in [-0.25, -0.2) is 14.5 Å². The molecule has 0 aromatic carbocycles. The van der Waals surface area contributed by atoms with Gasteiger partial charge in [0.15, 0.2) is 11.5 Å². The molecule has 3 aromatic rings. The number of imidazole rings is 1. The van der Waals surface area contributed by atoms with Crippen LogP contribution in [0.1, 0.15) is 44.9 Å². The SMILES string of the molecule is [2H]CC(CCC)Nc1nc(N)c2ncc(Cc3cnc(N4CCN(C(=O)CN(C)C)CC4)c(C)c3)n2n1. The van der Waals surface area contributed by atoms with Gasteiger partial charge in [0.1, 0.15) is 5.82 Å². The monoisotopic (exact) mass is 495 g/mol. The highest BCUT2D eigenvalue weighted by Crippen LogP contribution is 2.22. The fraction of sp³-hybridized carbons (Fsp3) is 0.560. The molecular weight excluding hydrogens is 456 g/mol. The quantitative estimate of drug-likeness (QED) is 0.458. The zero-order valence-corrected chi connectivity index (χ0v) is 21.7. The van der Waals surface area contributed by atoms with E-state index in [-0.39, 0.29) is 18.8 Å². The minimum absolute atomic E-state index is 0.0267. The van der Waals surface area contributed by atoms with Crippen LogP contribution in [0.15, 0.2) is 18.5 Å². The summed E-state index contributed by atoms with van der Waals surface area (Å²) in [6.45, 7) is 7.78. The first-order valence-electron chi connectivity index (χ1n) is 13.2. The van der Waals surface area contributed by atoms with E-state index in [2.05, 4.69) is 45.2 Å². The maximum absolute atomic E-state index is 12.4. The van der Waals surface area contributed by atoms with Crippen molar-refractivity contribution in [2.75, 3.05) is 62.8 Å². The molecule has 0 aliphatic carbocycles. The highest BCUT2D eigenvalue weighted by atomic mass is 16.2. The van der Waals surface area contributed by atoms with E-state index in [4.69, 9.17) is 12.1 Å². The Hall–Kier alpha value is -3.47. The number of aromatic nitrogens is 5. The number of nitrogen functional groups attached to an aromatic ring is 1. The van der Waals surface area contributed by atoms with Gasteiger partial charge < -0.3 is 25.8 Å². The Labute approximate surface area is 214 Å². The molecule has 0 bridgehead atoms. The molecule has 0 spiro atoms. The smallest absolute Gasteiger partial charge is 0.243 e. The van der Waals surface area contributed by atoms with E-state index in [1.807, 2.05) is 30.1 Å². The zero-order valence-electron chi connectivity index (χ0n) is 22.7. The predicted octanol–water partition coefficient (Wildman–Crippen LogP) is 1.81. The van der Waals surface area contributed by atoms with E-state index in [9.17, 15) is 4.79 Å². The lowest BCUT2D eigenvalue weighted by Gasteiger charge is -2.36. The van der Waals surface area contributed by atoms with Crippen molar-refractivity contribution in [3.05, 3.63) is 35.3 Å². The third-order valence-electron chi connectivity index (χ3n) is 6.30. The standard InChI is InChI=1S/C25H38N10O/c1-6-7-18(3)29-25-30-22(26)24-28-15-20(35(24)31-25)13-19-12-17(2)23(27-14-19)34-10-8-33(9-11-34)21(36)16-32(4)5/h12,14-15,18H,6-11,13,16H2,1-5H3,(H3,26,29,30,31)/i3D. The highest BCUT2D eigenvalue weighted by Gasteiger charge is 2.23. The summed E-state index contributed by atoms with van der Waals surface area (Å²) in [6.07, 6.45) is 6.09. The first-order valence-corrected chi connectivity index (χ1v) is 12.5. The van der Waals surface area contributed by atoms with Gasteiger partial charge >= 0.3 is 0 Å². The normalized spacial score (nSPS) is 15.4. The summed E-state index contributed by atoms with van der Waals surface area (Å²) >= 11 is 0. The van der Waals surface area contributed by atoms with Gasteiger partial charge in [-0.2, -0.15) is 4.98 Å². The average molecular weight is 496 g/mol. The molecule has 4 heterocycles. The molecular formula is C25H38N10O. The van der Waals surface area contributed by atoms with Crippen LogP contribution in [0.25, 0.3) is 5.65 Å². The van der Waals surface area contributed by atoms with Crippen molar-refractivity contribution in [2.45, 2.75) is 46.1 Å².